The zero-order valence-corrected chi connectivity index (χ0v) is 16.2. The van der Waals surface area contributed by atoms with Crippen molar-refractivity contribution >= 4 is 45.2 Å². The van der Waals surface area contributed by atoms with Gasteiger partial charge in [0.05, 0.1) is 0 Å². The Labute approximate surface area is 151 Å². The summed E-state index contributed by atoms with van der Waals surface area (Å²) in [5.74, 6) is 1.87. The van der Waals surface area contributed by atoms with E-state index in [1.807, 2.05) is 25.1 Å². The molecule has 2 amide bonds. The molecule has 0 bridgehead atoms. The lowest BCUT2D eigenvalue weighted by Gasteiger charge is -2.09. The highest BCUT2D eigenvalue weighted by atomic mass is 79.9. The summed E-state index contributed by atoms with van der Waals surface area (Å²) < 4.78 is 0.923. The number of nitrogens with one attached hydrogen (secondary N) is 2. The van der Waals surface area contributed by atoms with Crippen LogP contribution in [-0.4, -0.2) is 29.9 Å². The smallest absolute Gasteiger partial charge is 0.226 e. The Morgan fingerprint density at radius 3 is 2.70 bits per heavy atom. The fraction of sp³-hybridized carbons (Fsp3) is 0.529. The zero-order chi connectivity index (χ0) is 17.1. The molecule has 4 nitrogen and oxygen atoms in total. The van der Waals surface area contributed by atoms with Crippen LogP contribution < -0.4 is 10.6 Å². The maximum Gasteiger partial charge on any atom is 0.226 e. The summed E-state index contributed by atoms with van der Waals surface area (Å²) in [6, 6.07) is 5.75. The zero-order valence-electron chi connectivity index (χ0n) is 13.8. The second kappa shape index (κ2) is 11.5. The lowest BCUT2D eigenvalue weighted by Crippen LogP contribution is -2.28. The number of carbonyl (C=O) groups excluding carboxylic acids is 2. The maximum absolute atomic E-state index is 11.9. The predicted octanol–water partition coefficient (Wildman–Crippen LogP) is 4.13. The van der Waals surface area contributed by atoms with Gasteiger partial charge in [-0.15, -0.1) is 0 Å². The molecule has 0 aliphatic carbocycles. The molecule has 0 fully saturated rings. The number of carbonyl (C=O) groups is 2. The molecule has 0 radical (unpaired) electrons. The van der Waals surface area contributed by atoms with E-state index in [1.165, 1.54) is 12.8 Å². The van der Waals surface area contributed by atoms with Gasteiger partial charge in [-0.25, -0.2) is 0 Å². The number of hydrogen-bond acceptors (Lipinski definition) is 3. The lowest BCUT2D eigenvalue weighted by molar-refractivity contribution is -0.120. The van der Waals surface area contributed by atoms with Gasteiger partial charge >= 0.3 is 0 Å². The van der Waals surface area contributed by atoms with E-state index in [0.29, 0.717) is 13.0 Å². The van der Waals surface area contributed by atoms with E-state index in [2.05, 4.69) is 33.5 Å². The van der Waals surface area contributed by atoms with Crippen LogP contribution >= 0.6 is 27.7 Å². The first-order chi connectivity index (χ1) is 11.0. The molecule has 2 N–H and O–H groups in total. The van der Waals surface area contributed by atoms with Gasteiger partial charge in [0, 0.05) is 35.3 Å². The molecule has 0 unspecified atom stereocenters. The van der Waals surface area contributed by atoms with E-state index in [0.717, 1.165) is 27.2 Å². The third kappa shape index (κ3) is 9.01. The van der Waals surface area contributed by atoms with Crippen molar-refractivity contribution in [3.8, 4) is 0 Å². The van der Waals surface area contributed by atoms with Gasteiger partial charge in [-0.1, -0.05) is 35.3 Å². The first kappa shape index (κ1) is 20.0. The van der Waals surface area contributed by atoms with E-state index < -0.39 is 0 Å². The van der Waals surface area contributed by atoms with Crippen molar-refractivity contribution < 1.29 is 9.59 Å². The quantitative estimate of drug-likeness (QED) is 0.580. The average Bonchev–Trinajstić information content (AvgIpc) is 2.50. The average molecular weight is 401 g/mol. The molecule has 23 heavy (non-hydrogen) atoms. The molecule has 0 aliphatic rings. The van der Waals surface area contributed by atoms with E-state index in [9.17, 15) is 9.59 Å². The first-order valence-electron chi connectivity index (χ1n) is 7.93. The van der Waals surface area contributed by atoms with Crippen LogP contribution in [0, 0.1) is 6.92 Å². The second-order valence-corrected chi connectivity index (χ2v) is 7.46. The van der Waals surface area contributed by atoms with E-state index >= 15 is 0 Å². The van der Waals surface area contributed by atoms with Crippen LogP contribution in [0.25, 0.3) is 0 Å². The Morgan fingerprint density at radius 2 is 1.96 bits per heavy atom. The van der Waals surface area contributed by atoms with Gasteiger partial charge in [0.2, 0.25) is 11.8 Å². The van der Waals surface area contributed by atoms with Crippen molar-refractivity contribution in [3.05, 3.63) is 28.2 Å². The van der Waals surface area contributed by atoms with Crippen LogP contribution in [-0.2, 0) is 9.59 Å². The molecule has 128 valence electrons. The van der Waals surface area contributed by atoms with Crippen LogP contribution in [0.15, 0.2) is 22.7 Å². The largest absolute Gasteiger partial charge is 0.356 e. The Balaban J connectivity index is 2.18. The monoisotopic (exact) mass is 400 g/mol. The number of rotatable bonds is 10. The normalized spacial score (nSPS) is 10.4. The molecule has 0 heterocycles. The molecule has 1 aromatic carbocycles. The fourth-order valence-electron chi connectivity index (χ4n) is 1.86. The van der Waals surface area contributed by atoms with E-state index in [-0.39, 0.29) is 18.2 Å². The van der Waals surface area contributed by atoms with Gasteiger partial charge in [0.1, 0.15) is 0 Å². The number of anilines is 1. The summed E-state index contributed by atoms with van der Waals surface area (Å²) in [5.41, 5.74) is 1.80. The molecular formula is C17H25BrN2O2S. The molecular weight excluding hydrogens is 376 g/mol. The van der Waals surface area contributed by atoms with Gasteiger partial charge in [-0.2, -0.15) is 11.8 Å². The number of aryl methyl sites for hydroxylation is 1. The molecule has 0 saturated carbocycles. The number of benzene rings is 1. The summed E-state index contributed by atoms with van der Waals surface area (Å²) in [4.78, 5) is 23.6. The van der Waals surface area contributed by atoms with Crippen molar-refractivity contribution in [1.29, 1.82) is 0 Å². The summed E-state index contributed by atoms with van der Waals surface area (Å²) in [5, 5.41) is 5.66. The van der Waals surface area contributed by atoms with Crippen LogP contribution in [0.4, 0.5) is 5.69 Å². The molecule has 6 heteroatoms. The highest BCUT2D eigenvalue weighted by Gasteiger charge is 2.07. The number of amides is 2. The van der Waals surface area contributed by atoms with Crippen LogP contribution in [0.3, 0.4) is 0 Å². The van der Waals surface area contributed by atoms with Crippen molar-refractivity contribution in [1.82, 2.24) is 5.32 Å². The molecule has 0 spiro atoms. The molecule has 0 aliphatic heterocycles. The molecule has 0 atom stereocenters. The molecule has 1 rings (SSSR count). The summed E-state index contributed by atoms with van der Waals surface area (Å²) in [6.45, 7) is 4.48. The number of hydrogen-bond donors (Lipinski definition) is 2. The topological polar surface area (TPSA) is 58.2 Å². The van der Waals surface area contributed by atoms with Crippen LogP contribution in [0.1, 0.15) is 38.2 Å². The summed E-state index contributed by atoms with van der Waals surface area (Å²) in [6.07, 6.45) is 3.18. The van der Waals surface area contributed by atoms with E-state index in [4.69, 9.17) is 0 Å². The molecule has 1 aromatic rings. The number of halogens is 1. The highest BCUT2D eigenvalue weighted by molar-refractivity contribution is 9.10. The number of thioether (sulfide) groups is 1. The van der Waals surface area contributed by atoms with Crippen molar-refractivity contribution in [3.63, 3.8) is 0 Å². The van der Waals surface area contributed by atoms with Crippen molar-refractivity contribution in [2.24, 2.45) is 0 Å². The fourth-order valence-corrected chi connectivity index (χ4v) is 3.25. The van der Waals surface area contributed by atoms with Gasteiger partial charge in [-0.3, -0.25) is 9.59 Å². The van der Waals surface area contributed by atoms with Gasteiger partial charge in [0.25, 0.3) is 0 Å². The van der Waals surface area contributed by atoms with Crippen LogP contribution in [0.5, 0.6) is 0 Å². The third-order valence-corrected chi connectivity index (χ3v) is 4.83. The molecule has 0 saturated heterocycles. The summed E-state index contributed by atoms with van der Waals surface area (Å²) in [7, 11) is 0. The van der Waals surface area contributed by atoms with Gasteiger partial charge in [0.15, 0.2) is 0 Å². The minimum atomic E-state index is -0.0937. The Hall–Kier alpha value is -1.01. The SMILES string of the molecule is CCCCSCCC(=O)NCCC(=O)Nc1cc(Br)ccc1C. The number of unbranched alkanes of at least 4 members (excludes halogenated alkanes) is 1. The van der Waals surface area contributed by atoms with Gasteiger partial charge < -0.3 is 10.6 Å². The van der Waals surface area contributed by atoms with Crippen LogP contribution in [0.2, 0.25) is 0 Å². The second-order valence-electron chi connectivity index (χ2n) is 5.32. The summed E-state index contributed by atoms with van der Waals surface area (Å²) >= 11 is 5.19. The lowest BCUT2D eigenvalue weighted by atomic mass is 10.2. The van der Waals surface area contributed by atoms with Crippen molar-refractivity contribution in [2.45, 2.75) is 39.5 Å². The van der Waals surface area contributed by atoms with Gasteiger partial charge in [-0.05, 0) is 36.8 Å². The van der Waals surface area contributed by atoms with Crippen molar-refractivity contribution in [2.75, 3.05) is 23.4 Å². The third-order valence-electron chi connectivity index (χ3n) is 3.26. The van der Waals surface area contributed by atoms with E-state index in [1.54, 1.807) is 11.8 Å². The maximum atomic E-state index is 11.9. The predicted molar refractivity (Wildman–Crippen MR) is 102 cm³/mol. The minimum Gasteiger partial charge on any atom is -0.356 e. The minimum absolute atomic E-state index is 0.0143. The Kier molecular flexibility index (Phi) is 10.0. The Morgan fingerprint density at radius 1 is 1.17 bits per heavy atom. The molecule has 0 aromatic heterocycles. The first-order valence-corrected chi connectivity index (χ1v) is 9.88. The standard InChI is InChI=1S/C17H25BrN2O2S/c1-3-4-10-23-11-8-16(21)19-9-7-17(22)20-15-12-14(18)6-5-13(15)2/h5-6,12H,3-4,7-11H2,1-2H3,(H,19,21)(H,20,22). The Bertz CT molecular complexity index is 523. The highest BCUT2D eigenvalue weighted by Crippen LogP contribution is 2.20.